The van der Waals surface area contributed by atoms with Crippen molar-refractivity contribution in [3.63, 3.8) is 0 Å². The molecule has 0 aliphatic heterocycles. The number of hydrogen-bond acceptors (Lipinski definition) is 4. The van der Waals surface area contributed by atoms with Crippen molar-refractivity contribution in [2.24, 2.45) is 5.84 Å². The van der Waals surface area contributed by atoms with Crippen molar-refractivity contribution in [2.45, 2.75) is 33.4 Å². The fourth-order valence-electron chi connectivity index (χ4n) is 2.18. The molecule has 0 bridgehead atoms. The Hall–Kier alpha value is -1.85. The van der Waals surface area contributed by atoms with E-state index in [2.05, 4.69) is 11.5 Å². The molecule has 0 atom stereocenters. The van der Waals surface area contributed by atoms with Gasteiger partial charge in [0.1, 0.15) is 0 Å². The molecule has 0 aliphatic carbocycles. The molecule has 2 aromatic rings. The summed E-state index contributed by atoms with van der Waals surface area (Å²) in [5.74, 6) is 5.48. The predicted octanol–water partition coefficient (Wildman–Crippen LogP) is 3.39. The SMILES string of the molecule is Cc1cc(C(=O)N(Cc2cccs2)C(C)C)ccc1NN. The lowest BCUT2D eigenvalue weighted by Crippen LogP contribution is -2.36. The lowest BCUT2D eigenvalue weighted by Gasteiger charge is -2.26. The van der Waals surface area contributed by atoms with Gasteiger partial charge >= 0.3 is 0 Å². The molecule has 3 N–H and O–H groups in total. The van der Waals surface area contributed by atoms with Gasteiger partial charge in [-0.15, -0.1) is 11.3 Å². The zero-order valence-electron chi connectivity index (χ0n) is 12.6. The second kappa shape index (κ2) is 6.74. The summed E-state index contributed by atoms with van der Waals surface area (Å²) in [6.07, 6.45) is 0. The number of hydrogen-bond donors (Lipinski definition) is 2. The summed E-state index contributed by atoms with van der Waals surface area (Å²) in [4.78, 5) is 15.8. The van der Waals surface area contributed by atoms with Crippen LogP contribution in [0.15, 0.2) is 35.7 Å². The average molecular weight is 303 g/mol. The van der Waals surface area contributed by atoms with Crippen molar-refractivity contribution >= 4 is 22.9 Å². The Labute approximate surface area is 129 Å². The van der Waals surface area contributed by atoms with E-state index in [9.17, 15) is 4.79 Å². The second-order valence-electron chi connectivity index (χ2n) is 5.28. The van der Waals surface area contributed by atoms with Gasteiger partial charge in [-0.1, -0.05) is 6.07 Å². The van der Waals surface area contributed by atoms with Gasteiger partial charge in [-0.2, -0.15) is 0 Å². The van der Waals surface area contributed by atoms with E-state index >= 15 is 0 Å². The predicted molar refractivity (Wildman–Crippen MR) is 88.3 cm³/mol. The van der Waals surface area contributed by atoms with Gasteiger partial charge in [-0.25, -0.2) is 0 Å². The van der Waals surface area contributed by atoms with E-state index in [1.54, 1.807) is 11.3 Å². The van der Waals surface area contributed by atoms with Crippen LogP contribution >= 0.6 is 11.3 Å². The van der Waals surface area contributed by atoms with E-state index in [4.69, 9.17) is 5.84 Å². The molecule has 0 aliphatic rings. The zero-order valence-corrected chi connectivity index (χ0v) is 13.4. The van der Waals surface area contributed by atoms with Crippen LogP contribution < -0.4 is 11.3 Å². The summed E-state index contributed by atoms with van der Waals surface area (Å²) in [5, 5.41) is 2.03. The first-order valence-electron chi connectivity index (χ1n) is 6.93. The third-order valence-corrected chi connectivity index (χ3v) is 4.28. The number of thiophene rings is 1. The number of amides is 1. The molecular weight excluding hydrogens is 282 g/mol. The molecule has 5 heteroatoms. The molecule has 0 fully saturated rings. The minimum atomic E-state index is 0.0464. The first-order valence-corrected chi connectivity index (χ1v) is 7.81. The summed E-state index contributed by atoms with van der Waals surface area (Å²) in [6, 6.07) is 9.74. The Bertz CT molecular complexity index is 608. The second-order valence-corrected chi connectivity index (χ2v) is 6.31. The fraction of sp³-hybridized carbons (Fsp3) is 0.312. The molecule has 2 rings (SSSR count). The fourth-order valence-corrected chi connectivity index (χ4v) is 2.89. The number of nitrogens with one attached hydrogen (secondary N) is 1. The molecule has 0 saturated heterocycles. The number of benzene rings is 1. The molecule has 112 valence electrons. The van der Waals surface area contributed by atoms with Crippen molar-refractivity contribution in [1.82, 2.24) is 4.90 Å². The highest BCUT2D eigenvalue weighted by molar-refractivity contribution is 7.09. The van der Waals surface area contributed by atoms with E-state index in [0.717, 1.165) is 11.3 Å². The van der Waals surface area contributed by atoms with Crippen molar-refractivity contribution in [2.75, 3.05) is 5.43 Å². The van der Waals surface area contributed by atoms with E-state index < -0.39 is 0 Å². The van der Waals surface area contributed by atoms with Gasteiger partial charge in [0.2, 0.25) is 0 Å². The lowest BCUT2D eigenvalue weighted by atomic mass is 10.1. The molecule has 1 amide bonds. The van der Waals surface area contributed by atoms with E-state index in [1.807, 2.05) is 55.3 Å². The number of hydrazine groups is 1. The summed E-state index contributed by atoms with van der Waals surface area (Å²) < 4.78 is 0. The van der Waals surface area contributed by atoms with Crippen molar-refractivity contribution in [1.29, 1.82) is 0 Å². The van der Waals surface area contributed by atoms with Crippen molar-refractivity contribution in [3.05, 3.63) is 51.7 Å². The monoisotopic (exact) mass is 303 g/mol. The van der Waals surface area contributed by atoms with Gasteiger partial charge in [0.25, 0.3) is 5.91 Å². The van der Waals surface area contributed by atoms with E-state index in [1.165, 1.54) is 4.88 Å². The van der Waals surface area contributed by atoms with Crippen LogP contribution in [0.1, 0.15) is 34.6 Å². The van der Waals surface area contributed by atoms with Crippen molar-refractivity contribution in [3.8, 4) is 0 Å². The van der Waals surface area contributed by atoms with Gasteiger partial charge in [0.15, 0.2) is 0 Å². The maximum absolute atomic E-state index is 12.7. The van der Waals surface area contributed by atoms with Crippen LogP contribution in [0.4, 0.5) is 5.69 Å². The van der Waals surface area contributed by atoms with Crippen LogP contribution in [0.2, 0.25) is 0 Å². The third kappa shape index (κ3) is 3.62. The quantitative estimate of drug-likeness (QED) is 0.657. The molecule has 0 spiro atoms. The maximum atomic E-state index is 12.7. The number of anilines is 1. The third-order valence-electron chi connectivity index (χ3n) is 3.42. The highest BCUT2D eigenvalue weighted by Crippen LogP contribution is 2.20. The van der Waals surface area contributed by atoms with E-state index in [-0.39, 0.29) is 11.9 Å². The van der Waals surface area contributed by atoms with E-state index in [0.29, 0.717) is 12.1 Å². The standard InChI is InChI=1S/C16H21N3OS/c1-11(2)19(10-14-5-4-8-21-14)16(20)13-6-7-15(18-17)12(3)9-13/h4-9,11,18H,10,17H2,1-3H3. The first-order chi connectivity index (χ1) is 10.0. The Morgan fingerprint density at radius 2 is 2.14 bits per heavy atom. The number of carbonyl (C=O) groups excluding carboxylic acids is 1. The minimum Gasteiger partial charge on any atom is -0.331 e. The summed E-state index contributed by atoms with van der Waals surface area (Å²) in [7, 11) is 0. The number of nitrogens with zero attached hydrogens (tertiary/aromatic N) is 1. The van der Waals surface area contributed by atoms with Crippen LogP contribution in [0.5, 0.6) is 0 Å². The summed E-state index contributed by atoms with van der Waals surface area (Å²) in [5.41, 5.74) is 5.11. The Morgan fingerprint density at radius 3 is 2.67 bits per heavy atom. The molecule has 0 radical (unpaired) electrons. The van der Waals surface area contributed by atoms with Gasteiger partial charge in [0.05, 0.1) is 12.2 Å². The van der Waals surface area contributed by atoms with Crippen LogP contribution in [-0.4, -0.2) is 16.8 Å². The Morgan fingerprint density at radius 1 is 1.38 bits per heavy atom. The van der Waals surface area contributed by atoms with Crippen LogP contribution in [0, 0.1) is 6.92 Å². The minimum absolute atomic E-state index is 0.0464. The van der Waals surface area contributed by atoms with Gasteiger partial charge < -0.3 is 10.3 Å². The van der Waals surface area contributed by atoms with Crippen molar-refractivity contribution < 1.29 is 4.79 Å². The number of rotatable bonds is 5. The summed E-state index contributed by atoms with van der Waals surface area (Å²) >= 11 is 1.67. The summed E-state index contributed by atoms with van der Waals surface area (Å²) in [6.45, 7) is 6.65. The van der Waals surface area contributed by atoms with Crippen LogP contribution in [-0.2, 0) is 6.54 Å². The highest BCUT2D eigenvalue weighted by atomic mass is 32.1. The van der Waals surface area contributed by atoms with Gasteiger partial charge in [0, 0.05) is 16.5 Å². The molecule has 0 saturated carbocycles. The zero-order chi connectivity index (χ0) is 15.4. The number of aryl methyl sites for hydroxylation is 1. The normalized spacial score (nSPS) is 10.7. The number of nitrogen functional groups attached to an aromatic ring is 1. The molecule has 1 aromatic carbocycles. The average Bonchev–Trinajstić information content (AvgIpc) is 2.96. The first kappa shape index (κ1) is 15.5. The lowest BCUT2D eigenvalue weighted by molar-refractivity contribution is 0.0692. The molecule has 4 nitrogen and oxygen atoms in total. The molecule has 1 aromatic heterocycles. The molecule has 1 heterocycles. The van der Waals surface area contributed by atoms with Gasteiger partial charge in [-0.3, -0.25) is 10.6 Å². The largest absolute Gasteiger partial charge is 0.331 e. The number of carbonyl (C=O) groups is 1. The molecule has 0 unspecified atom stereocenters. The Balaban J connectivity index is 2.24. The smallest absolute Gasteiger partial charge is 0.254 e. The van der Waals surface area contributed by atoms with Crippen LogP contribution in [0.3, 0.4) is 0 Å². The topological polar surface area (TPSA) is 58.4 Å². The van der Waals surface area contributed by atoms with Crippen LogP contribution in [0.25, 0.3) is 0 Å². The maximum Gasteiger partial charge on any atom is 0.254 e. The molecular formula is C16H21N3OS. The highest BCUT2D eigenvalue weighted by Gasteiger charge is 2.20. The molecule has 21 heavy (non-hydrogen) atoms. The number of nitrogens with two attached hydrogens (primary N) is 1. The van der Waals surface area contributed by atoms with Gasteiger partial charge in [-0.05, 0) is 56.0 Å². The Kier molecular flexibility index (Phi) is 4.98.